The Balaban J connectivity index is 1.52. The molecule has 1 aromatic carbocycles. The maximum atomic E-state index is 12.0. The van der Waals surface area contributed by atoms with E-state index >= 15 is 0 Å². The lowest BCUT2D eigenvalue weighted by atomic mass is 10.1. The van der Waals surface area contributed by atoms with Gasteiger partial charge in [-0.25, -0.2) is 0 Å². The van der Waals surface area contributed by atoms with Gasteiger partial charge in [0, 0.05) is 24.0 Å². The molecule has 0 saturated heterocycles. The maximum absolute atomic E-state index is 12.0. The molecule has 0 atom stereocenters. The number of hydrogen-bond donors (Lipinski definition) is 1. The molecule has 1 amide bonds. The number of benzene rings is 1. The van der Waals surface area contributed by atoms with Crippen LogP contribution in [0.2, 0.25) is 0 Å². The van der Waals surface area contributed by atoms with Crippen molar-refractivity contribution >= 4 is 22.2 Å². The van der Waals surface area contributed by atoms with E-state index < -0.39 is 0 Å². The zero-order chi connectivity index (χ0) is 14.7. The molecule has 0 saturated carbocycles. The van der Waals surface area contributed by atoms with Crippen LogP contribution >= 0.6 is 11.3 Å². The first-order valence-electron chi connectivity index (χ1n) is 6.81. The van der Waals surface area contributed by atoms with Crippen LogP contribution in [0.4, 0.5) is 0 Å². The number of nitrogens with one attached hydrogen (secondary N) is 1. The van der Waals surface area contributed by atoms with E-state index in [9.17, 15) is 4.79 Å². The van der Waals surface area contributed by atoms with Crippen molar-refractivity contribution in [3.63, 3.8) is 0 Å². The molecule has 0 unspecified atom stereocenters. The van der Waals surface area contributed by atoms with Crippen LogP contribution in [0.1, 0.15) is 16.8 Å². The van der Waals surface area contributed by atoms with Gasteiger partial charge in [0.05, 0.1) is 6.42 Å². The van der Waals surface area contributed by atoms with Gasteiger partial charge in [-0.3, -0.25) is 9.20 Å². The average Bonchev–Trinajstić information content (AvgIpc) is 3.06. The molecule has 0 fully saturated rings. The highest BCUT2D eigenvalue weighted by Gasteiger charge is 2.07. The predicted octanol–water partition coefficient (Wildman–Crippen LogP) is 2.00. The van der Waals surface area contributed by atoms with Crippen molar-refractivity contribution in [2.45, 2.75) is 19.8 Å². The number of aromatic nitrogens is 3. The summed E-state index contributed by atoms with van der Waals surface area (Å²) >= 11 is 1.56. The van der Waals surface area contributed by atoms with Gasteiger partial charge in [-0.15, -0.1) is 21.5 Å². The van der Waals surface area contributed by atoms with Crippen molar-refractivity contribution < 1.29 is 4.79 Å². The quantitative estimate of drug-likeness (QED) is 0.784. The number of aryl methyl sites for hydroxylation is 1. The Bertz CT molecular complexity index is 762. The third-order valence-electron chi connectivity index (χ3n) is 3.44. The van der Waals surface area contributed by atoms with Crippen LogP contribution in [0.15, 0.2) is 36.0 Å². The first kappa shape index (κ1) is 13.8. The van der Waals surface area contributed by atoms with Gasteiger partial charge in [0.2, 0.25) is 10.9 Å². The van der Waals surface area contributed by atoms with E-state index in [-0.39, 0.29) is 5.91 Å². The first-order chi connectivity index (χ1) is 10.2. The minimum atomic E-state index is 0.0551. The molecule has 0 aliphatic rings. The molecule has 6 heteroatoms. The molecule has 0 bridgehead atoms. The number of thiazole rings is 1. The van der Waals surface area contributed by atoms with Crippen molar-refractivity contribution in [1.82, 2.24) is 19.9 Å². The smallest absolute Gasteiger partial charge is 0.224 e. The van der Waals surface area contributed by atoms with E-state index in [4.69, 9.17) is 0 Å². The maximum Gasteiger partial charge on any atom is 0.224 e. The summed E-state index contributed by atoms with van der Waals surface area (Å²) in [6.45, 7) is 2.64. The van der Waals surface area contributed by atoms with Gasteiger partial charge in [-0.05, 0) is 18.1 Å². The Morgan fingerprint density at radius 2 is 2.24 bits per heavy atom. The number of carbonyl (C=O) groups is 1. The highest BCUT2D eigenvalue weighted by atomic mass is 32.1. The molecular weight excluding hydrogens is 284 g/mol. The van der Waals surface area contributed by atoms with Crippen molar-refractivity contribution in [2.75, 3.05) is 6.54 Å². The molecule has 3 aromatic rings. The summed E-state index contributed by atoms with van der Waals surface area (Å²) in [5.74, 6) is 0.0551. The highest BCUT2D eigenvalue weighted by molar-refractivity contribution is 7.15. The van der Waals surface area contributed by atoms with Gasteiger partial charge in [-0.1, -0.05) is 24.3 Å². The minimum absolute atomic E-state index is 0.0551. The lowest BCUT2D eigenvalue weighted by Gasteiger charge is -2.07. The Morgan fingerprint density at radius 3 is 3.10 bits per heavy atom. The van der Waals surface area contributed by atoms with E-state index in [1.807, 2.05) is 35.6 Å². The minimum Gasteiger partial charge on any atom is -0.355 e. The zero-order valence-electron chi connectivity index (χ0n) is 11.7. The normalized spacial score (nSPS) is 10.9. The molecule has 0 aliphatic carbocycles. The Hall–Kier alpha value is -2.21. The molecule has 0 aliphatic heterocycles. The van der Waals surface area contributed by atoms with E-state index in [1.54, 1.807) is 17.7 Å². The van der Waals surface area contributed by atoms with E-state index in [1.165, 1.54) is 0 Å². The Labute approximate surface area is 126 Å². The van der Waals surface area contributed by atoms with Gasteiger partial charge in [-0.2, -0.15) is 0 Å². The molecule has 108 valence electrons. The number of hydrogen-bond acceptors (Lipinski definition) is 4. The molecule has 0 radical (unpaired) electrons. The molecule has 0 spiro atoms. The second kappa shape index (κ2) is 6.05. The van der Waals surface area contributed by atoms with Crippen molar-refractivity contribution in [3.8, 4) is 0 Å². The third kappa shape index (κ3) is 3.11. The molecule has 5 nitrogen and oxygen atoms in total. The van der Waals surface area contributed by atoms with E-state index in [2.05, 4.69) is 20.9 Å². The van der Waals surface area contributed by atoms with Gasteiger partial charge >= 0.3 is 0 Å². The van der Waals surface area contributed by atoms with Crippen LogP contribution in [0.25, 0.3) is 4.96 Å². The van der Waals surface area contributed by atoms with Crippen LogP contribution in [0.3, 0.4) is 0 Å². The topological polar surface area (TPSA) is 59.3 Å². The van der Waals surface area contributed by atoms with E-state index in [0.29, 0.717) is 13.0 Å². The fraction of sp³-hybridized carbons (Fsp3) is 0.267. The standard InChI is InChI=1S/C15H16N4OS/c1-11-4-2-3-5-12(11)8-14(20)16-7-6-13-9-21-15-18-17-10-19(13)15/h2-5,9-10H,6-8H2,1H3,(H,16,20). The molecule has 2 heterocycles. The molecule has 1 N–H and O–H groups in total. The van der Waals surface area contributed by atoms with Crippen molar-refractivity contribution in [1.29, 1.82) is 0 Å². The number of nitrogens with zero attached hydrogens (tertiary/aromatic N) is 3. The largest absolute Gasteiger partial charge is 0.355 e. The monoisotopic (exact) mass is 300 g/mol. The summed E-state index contributed by atoms with van der Waals surface area (Å²) in [6.07, 6.45) is 2.91. The lowest BCUT2D eigenvalue weighted by Crippen LogP contribution is -2.27. The summed E-state index contributed by atoms with van der Waals surface area (Å²) in [6, 6.07) is 7.96. The molecular formula is C15H16N4OS. The molecule has 3 rings (SSSR count). The van der Waals surface area contributed by atoms with Gasteiger partial charge in [0.1, 0.15) is 6.33 Å². The van der Waals surface area contributed by atoms with Gasteiger partial charge in [0.15, 0.2) is 0 Å². The highest BCUT2D eigenvalue weighted by Crippen LogP contribution is 2.13. The van der Waals surface area contributed by atoms with Gasteiger partial charge < -0.3 is 5.32 Å². The third-order valence-corrected chi connectivity index (χ3v) is 4.32. The summed E-state index contributed by atoms with van der Waals surface area (Å²) in [5.41, 5.74) is 3.35. The van der Waals surface area contributed by atoms with Crippen LogP contribution in [-0.4, -0.2) is 27.0 Å². The lowest BCUT2D eigenvalue weighted by molar-refractivity contribution is -0.120. The van der Waals surface area contributed by atoms with Gasteiger partial charge in [0.25, 0.3) is 0 Å². The summed E-state index contributed by atoms with van der Waals surface area (Å²) in [7, 11) is 0. The SMILES string of the molecule is Cc1ccccc1CC(=O)NCCc1csc2nncn12. The van der Waals surface area contributed by atoms with Crippen molar-refractivity contribution in [2.24, 2.45) is 0 Å². The van der Waals surface area contributed by atoms with Crippen LogP contribution in [0.5, 0.6) is 0 Å². The van der Waals surface area contributed by atoms with Crippen LogP contribution in [-0.2, 0) is 17.6 Å². The zero-order valence-corrected chi connectivity index (χ0v) is 12.6. The predicted molar refractivity (Wildman–Crippen MR) is 82.5 cm³/mol. The Kier molecular flexibility index (Phi) is 3.96. The summed E-state index contributed by atoms with van der Waals surface area (Å²) < 4.78 is 1.96. The average molecular weight is 300 g/mol. The second-order valence-corrected chi connectivity index (χ2v) is 5.75. The number of amides is 1. The summed E-state index contributed by atoms with van der Waals surface area (Å²) in [5, 5.41) is 12.9. The fourth-order valence-electron chi connectivity index (χ4n) is 2.23. The number of carbonyl (C=O) groups excluding carboxylic acids is 1. The molecule has 2 aromatic heterocycles. The van der Waals surface area contributed by atoms with Crippen LogP contribution in [0, 0.1) is 6.92 Å². The fourth-order valence-corrected chi connectivity index (χ4v) is 3.08. The van der Waals surface area contributed by atoms with E-state index in [0.717, 1.165) is 28.2 Å². The Morgan fingerprint density at radius 1 is 1.38 bits per heavy atom. The number of rotatable bonds is 5. The van der Waals surface area contributed by atoms with Crippen molar-refractivity contribution in [3.05, 3.63) is 52.8 Å². The first-order valence-corrected chi connectivity index (χ1v) is 7.69. The second-order valence-electron chi connectivity index (χ2n) is 4.91. The summed E-state index contributed by atoms with van der Waals surface area (Å²) in [4.78, 5) is 12.9. The van der Waals surface area contributed by atoms with Crippen LogP contribution < -0.4 is 5.32 Å². The number of fused-ring (bicyclic) bond motifs is 1. The molecule has 21 heavy (non-hydrogen) atoms.